The van der Waals surface area contributed by atoms with E-state index in [9.17, 15) is 0 Å². The van der Waals surface area contributed by atoms with E-state index >= 15 is 0 Å². The lowest BCUT2D eigenvalue weighted by atomic mass is 9.92. The monoisotopic (exact) mass is 1080 g/mol. The summed E-state index contributed by atoms with van der Waals surface area (Å²) < 4.78 is 9.92. The van der Waals surface area contributed by atoms with Crippen LogP contribution in [0, 0.1) is 0 Å². The van der Waals surface area contributed by atoms with Crippen LogP contribution in [-0.4, -0.2) is 19.1 Å². The lowest BCUT2D eigenvalue weighted by molar-refractivity contribution is 0.995. The van der Waals surface area contributed by atoms with Gasteiger partial charge in [0.25, 0.3) is 0 Å². The van der Waals surface area contributed by atoms with E-state index in [-0.39, 0.29) is 0 Å². The maximum Gasteiger partial charge on any atom is 0.235 e. The molecule has 0 aliphatic heterocycles. The predicted molar refractivity (Wildman–Crippen MR) is 349 cm³/mol. The van der Waals surface area contributed by atoms with Crippen molar-refractivity contribution in [2.75, 3.05) is 0 Å². The molecule has 382 valence electrons. The highest BCUT2D eigenvalue weighted by Crippen LogP contribution is 2.43. The molecule has 12 aromatic carbocycles. The molecular weight excluding hydrogens is 1030 g/mol. The SMILES string of the molecule is c1ccc(-c2ccc(-c3ccccc3)c(-c3cc(-c4cccc(-n5c6ccccc6c6ccc(-c7ccc8sc9ccccc9c8c7)cc65)c4)nc(-n4c5ccccc5c5ccc(-c6ccc7sc8ccccc8c7c6)cc54)n3)c2)cc1. The lowest BCUT2D eigenvalue weighted by Crippen LogP contribution is -2.05. The molecule has 0 amide bonds. The number of hydrogen-bond donors (Lipinski definition) is 0. The van der Waals surface area contributed by atoms with Gasteiger partial charge in [-0.15, -0.1) is 22.7 Å². The molecule has 0 N–H and O–H groups in total. The largest absolute Gasteiger partial charge is 0.309 e. The molecule has 0 saturated carbocycles. The van der Waals surface area contributed by atoms with Gasteiger partial charge in [0.1, 0.15) is 0 Å². The van der Waals surface area contributed by atoms with E-state index in [0.717, 1.165) is 88.9 Å². The lowest BCUT2D eigenvalue weighted by Gasteiger charge is -2.16. The third kappa shape index (κ3) is 7.57. The van der Waals surface area contributed by atoms with Crippen LogP contribution >= 0.6 is 22.7 Å². The first-order valence-corrected chi connectivity index (χ1v) is 29.4. The average molecular weight is 1080 g/mol. The van der Waals surface area contributed by atoms with Gasteiger partial charge in [-0.25, -0.2) is 9.97 Å². The summed E-state index contributed by atoms with van der Waals surface area (Å²) in [4.78, 5) is 11.4. The number of thiophene rings is 2. The summed E-state index contributed by atoms with van der Waals surface area (Å²) >= 11 is 3.70. The first-order chi connectivity index (χ1) is 40.6. The summed E-state index contributed by atoms with van der Waals surface area (Å²) in [6.45, 7) is 0. The smallest absolute Gasteiger partial charge is 0.235 e. The van der Waals surface area contributed by atoms with Crippen LogP contribution in [0.15, 0.2) is 279 Å². The number of benzene rings is 12. The zero-order valence-electron chi connectivity index (χ0n) is 44.2. The molecule has 17 rings (SSSR count). The van der Waals surface area contributed by atoms with Gasteiger partial charge in [0.2, 0.25) is 5.95 Å². The molecule has 5 heterocycles. The van der Waals surface area contributed by atoms with Gasteiger partial charge >= 0.3 is 0 Å². The van der Waals surface area contributed by atoms with Crippen molar-refractivity contribution in [3.8, 4) is 78.7 Å². The van der Waals surface area contributed by atoms with Crippen LogP contribution in [0.25, 0.3) is 163 Å². The normalized spacial score (nSPS) is 11.9. The van der Waals surface area contributed by atoms with Gasteiger partial charge in [-0.2, -0.15) is 0 Å². The van der Waals surface area contributed by atoms with Crippen molar-refractivity contribution in [3.63, 3.8) is 0 Å². The van der Waals surface area contributed by atoms with Crippen molar-refractivity contribution in [1.29, 1.82) is 0 Å². The fraction of sp³-hybridized carbons (Fsp3) is 0. The molecular formula is C76H46N4S2. The first kappa shape index (κ1) is 46.7. The molecule has 4 nitrogen and oxygen atoms in total. The van der Waals surface area contributed by atoms with Crippen molar-refractivity contribution < 1.29 is 0 Å². The summed E-state index contributed by atoms with van der Waals surface area (Å²) in [6.07, 6.45) is 0. The van der Waals surface area contributed by atoms with Crippen LogP contribution in [0.4, 0.5) is 0 Å². The summed E-state index contributed by atoms with van der Waals surface area (Å²) in [5.74, 6) is 0.599. The van der Waals surface area contributed by atoms with Crippen LogP contribution in [0.2, 0.25) is 0 Å². The standard InChI is InChI=1S/C76H46N4S2/c1-3-16-47(17-4-1)49-30-35-56(48-18-5-2-6-19-48)63(41-49)67-46-66(77-76(78-67)80-69-27-12-8-23-58(69)60-37-32-53(45-71(60)80)51-34-39-75-65(43-51)62-25-10-14-29-73(62)82-75)54-20-15-21-55(40-54)79-68-26-11-7-22-57(68)59-36-31-52(44-70(59)79)50-33-38-74-64(42-50)61-24-9-13-28-72(61)81-74/h1-46H. The van der Waals surface area contributed by atoms with E-state index in [1.807, 2.05) is 22.7 Å². The van der Waals surface area contributed by atoms with Crippen LogP contribution in [0.5, 0.6) is 0 Å². The van der Waals surface area contributed by atoms with Crippen LogP contribution in [0.3, 0.4) is 0 Å². The van der Waals surface area contributed by atoms with Gasteiger partial charge in [0.05, 0.1) is 33.5 Å². The van der Waals surface area contributed by atoms with Crippen LogP contribution in [-0.2, 0) is 0 Å². The Morgan fingerprint density at radius 2 is 0.683 bits per heavy atom. The Hall–Kier alpha value is -10.2. The summed E-state index contributed by atoms with van der Waals surface area (Å²) in [5.41, 5.74) is 18.2. The Bertz CT molecular complexity index is 5410. The molecule has 0 spiro atoms. The first-order valence-electron chi connectivity index (χ1n) is 27.8. The van der Waals surface area contributed by atoms with Crippen molar-refractivity contribution in [2.24, 2.45) is 0 Å². The second kappa shape index (κ2) is 18.7. The summed E-state index contributed by atoms with van der Waals surface area (Å²) in [6, 6.07) is 102. The Morgan fingerprint density at radius 3 is 1.32 bits per heavy atom. The molecule has 0 aliphatic carbocycles. The van der Waals surface area contributed by atoms with Crippen LogP contribution < -0.4 is 0 Å². The zero-order chi connectivity index (χ0) is 53.8. The third-order valence-corrected chi connectivity index (χ3v) is 18.9. The minimum absolute atomic E-state index is 0.599. The van der Waals surface area contributed by atoms with E-state index in [4.69, 9.17) is 9.97 Å². The van der Waals surface area contributed by atoms with Crippen molar-refractivity contribution in [2.45, 2.75) is 0 Å². The number of rotatable bonds is 8. The molecule has 0 aliphatic rings. The minimum Gasteiger partial charge on any atom is -0.309 e. The summed E-state index contributed by atoms with van der Waals surface area (Å²) in [5, 5.41) is 9.87. The van der Waals surface area contributed by atoms with Gasteiger partial charge in [0.15, 0.2) is 0 Å². The molecule has 0 fully saturated rings. The Kier molecular flexibility index (Phi) is 10.6. The van der Waals surface area contributed by atoms with E-state index in [2.05, 4.69) is 288 Å². The summed E-state index contributed by atoms with van der Waals surface area (Å²) in [7, 11) is 0. The van der Waals surface area contributed by atoms with Gasteiger partial charge in [-0.3, -0.25) is 4.57 Å². The van der Waals surface area contributed by atoms with E-state index in [1.165, 1.54) is 67.8 Å². The molecule has 0 atom stereocenters. The highest BCUT2D eigenvalue weighted by molar-refractivity contribution is 7.26. The quantitative estimate of drug-likeness (QED) is 0.152. The van der Waals surface area contributed by atoms with E-state index in [0.29, 0.717) is 5.95 Å². The second-order valence-corrected chi connectivity index (χ2v) is 23.4. The van der Waals surface area contributed by atoms with Crippen molar-refractivity contribution >= 4 is 107 Å². The molecule has 82 heavy (non-hydrogen) atoms. The predicted octanol–water partition coefficient (Wildman–Crippen LogP) is 21.4. The number of aromatic nitrogens is 4. The highest BCUT2D eigenvalue weighted by Gasteiger charge is 2.22. The van der Waals surface area contributed by atoms with Gasteiger partial charge in [-0.1, -0.05) is 194 Å². The molecule has 6 heteroatoms. The molecule has 0 saturated heterocycles. The van der Waals surface area contributed by atoms with E-state index in [1.54, 1.807) is 0 Å². The third-order valence-electron chi connectivity index (χ3n) is 16.6. The number of para-hydroxylation sites is 2. The van der Waals surface area contributed by atoms with Gasteiger partial charge < -0.3 is 4.57 Å². The van der Waals surface area contributed by atoms with Crippen LogP contribution in [0.1, 0.15) is 0 Å². The maximum absolute atomic E-state index is 5.74. The topological polar surface area (TPSA) is 35.6 Å². The Balaban J connectivity index is 0.888. The molecule has 0 radical (unpaired) electrons. The fourth-order valence-electron chi connectivity index (χ4n) is 12.7. The van der Waals surface area contributed by atoms with Crippen molar-refractivity contribution in [1.82, 2.24) is 19.1 Å². The number of fused-ring (bicyclic) bond motifs is 12. The minimum atomic E-state index is 0.599. The highest BCUT2D eigenvalue weighted by atomic mass is 32.1. The Morgan fingerprint density at radius 1 is 0.232 bits per heavy atom. The number of hydrogen-bond acceptors (Lipinski definition) is 4. The molecule has 0 bridgehead atoms. The van der Waals surface area contributed by atoms with Gasteiger partial charge in [-0.05, 0) is 129 Å². The molecule has 17 aromatic rings. The average Bonchev–Trinajstić information content (AvgIpc) is 3.24. The molecule has 5 aromatic heterocycles. The zero-order valence-corrected chi connectivity index (χ0v) is 45.8. The Labute approximate surface area is 480 Å². The fourth-order valence-corrected chi connectivity index (χ4v) is 14.8. The van der Waals surface area contributed by atoms with E-state index < -0.39 is 0 Å². The van der Waals surface area contributed by atoms with Crippen molar-refractivity contribution in [3.05, 3.63) is 279 Å². The molecule has 0 unspecified atom stereocenters. The number of nitrogens with zero attached hydrogens (tertiary/aromatic N) is 4. The second-order valence-electron chi connectivity index (χ2n) is 21.3. The van der Waals surface area contributed by atoms with Gasteiger partial charge in [0, 0.05) is 78.7 Å². The maximum atomic E-state index is 5.74.